The van der Waals surface area contributed by atoms with E-state index < -0.39 is 0 Å². The van der Waals surface area contributed by atoms with E-state index in [1.54, 1.807) is 0 Å². The highest BCUT2D eigenvalue weighted by Gasteiger charge is 2.00. The monoisotopic (exact) mass is 258 g/mol. The number of rotatable bonds is 13. The van der Waals surface area contributed by atoms with E-state index in [1.807, 2.05) is 6.92 Å². The third-order valence-electron chi connectivity index (χ3n) is 2.77. The minimum atomic E-state index is -0.0762. The summed E-state index contributed by atoms with van der Waals surface area (Å²) in [6.45, 7) is 3.36. The maximum Gasteiger partial charge on any atom is 0.305 e. The van der Waals surface area contributed by atoms with Crippen LogP contribution in [0.2, 0.25) is 0 Å². The van der Waals surface area contributed by atoms with Gasteiger partial charge in [0.15, 0.2) is 0 Å². The highest BCUT2D eigenvalue weighted by Crippen LogP contribution is 2.10. The van der Waals surface area contributed by atoms with Crippen molar-refractivity contribution >= 4 is 12.4 Å². The summed E-state index contributed by atoms with van der Waals surface area (Å²) >= 11 is 0. The molecular formula is C14H26O4. The van der Waals surface area contributed by atoms with Gasteiger partial charge in [-0.25, -0.2) is 0 Å². The Morgan fingerprint density at radius 1 is 0.944 bits per heavy atom. The maximum atomic E-state index is 11.0. The molecule has 0 amide bonds. The van der Waals surface area contributed by atoms with Gasteiger partial charge in [0.2, 0.25) is 0 Å². The second-order valence-electron chi connectivity index (χ2n) is 4.35. The molecule has 106 valence electrons. The minimum Gasteiger partial charge on any atom is -0.468 e. The largest absolute Gasteiger partial charge is 0.468 e. The van der Waals surface area contributed by atoms with Crippen LogP contribution in [-0.2, 0) is 19.1 Å². The third kappa shape index (κ3) is 13.0. The molecule has 0 spiro atoms. The Bertz CT molecular complexity index is 204. The van der Waals surface area contributed by atoms with E-state index in [0.29, 0.717) is 26.1 Å². The van der Waals surface area contributed by atoms with Crippen LogP contribution < -0.4 is 0 Å². The second kappa shape index (κ2) is 14.0. The fraction of sp³-hybridized carbons (Fsp3) is 0.857. The smallest absolute Gasteiger partial charge is 0.305 e. The number of esters is 1. The van der Waals surface area contributed by atoms with E-state index in [1.165, 1.54) is 25.7 Å². The second-order valence-corrected chi connectivity index (χ2v) is 4.35. The van der Waals surface area contributed by atoms with Crippen LogP contribution in [0.4, 0.5) is 0 Å². The summed E-state index contributed by atoms with van der Waals surface area (Å²) in [5.41, 5.74) is 0. The molecule has 0 aromatic carbocycles. The first kappa shape index (κ1) is 16.9. The first-order valence-electron chi connectivity index (χ1n) is 7.02. The van der Waals surface area contributed by atoms with Crippen LogP contribution in [0.15, 0.2) is 0 Å². The zero-order valence-electron chi connectivity index (χ0n) is 11.5. The van der Waals surface area contributed by atoms with Crippen molar-refractivity contribution in [2.45, 2.75) is 64.7 Å². The first-order chi connectivity index (χ1) is 8.81. The SMILES string of the molecule is CCOC(=O)CCCCCCCCCCOC=O. The van der Waals surface area contributed by atoms with Gasteiger partial charge in [0.05, 0.1) is 13.2 Å². The average molecular weight is 258 g/mol. The molecule has 0 heterocycles. The summed E-state index contributed by atoms with van der Waals surface area (Å²) < 4.78 is 9.47. The van der Waals surface area contributed by atoms with E-state index in [9.17, 15) is 9.59 Å². The van der Waals surface area contributed by atoms with E-state index in [4.69, 9.17) is 4.74 Å². The van der Waals surface area contributed by atoms with Crippen molar-refractivity contribution in [3.8, 4) is 0 Å². The van der Waals surface area contributed by atoms with Crippen molar-refractivity contribution in [2.24, 2.45) is 0 Å². The van der Waals surface area contributed by atoms with Gasteiger partial charge in [-0.05, 0) is 19.8 Å². The summed E-state index contributed by atoms with van der Waals surface area (Å²) in [7, 11) is 0. The molecule has 0 radical (unpaired) electrons. The molecule has 4 heteroatoms. The molecule has 0 saturated heterocycles. The molecule has 0 unspecified atom stereocenters. The lowest BCUT2D eigenvalue weighted by Gasteiger charge is -2.03. The minimum absolute atomic E-state index is 0.0762. The van der Waals surface area contributed by atoms with Crippen LogP contribution in [0.3, 0.4) is 0 Å². The molecular weight excluding hydrogens is 232 g/mol. The van der Waals surface area contributed by atoms with Crippen LogP contribution in [-0.4, -0.2) is 25.7 Å². The zero-order valence-corrected chi connectivity index (χ0v) is 11.5. The van der Waals surface area contributed by atoms with Gasteiger partial charge in [-0.15, -0.1) is 0 Å². The van der Waals surface area contributed by atoms with Gasteiger partial charge in [0.1, 0.15) is 0 Å². The molecule has 0 aliphatic heterocycles. The van der Waals surface area contributed by atoms with Gasteiger partial charge in [0, 0.05) is 6.42 Å². The molecule has 0 aliphatic rings. The van der Waals surface area contributed by atoms with E-state index in [2.05, 4.69) is 4.74 Å². The Kier molecular flexibility index (Phi) is 13.2. The first-order valence-corrected chi connectivity index (χ1v) is 7.02. The highest BCUT2D eigenvalue weighted by molar-refractivity contribution is 5.69. The third-order valence-corrected chi connectivity index (χ3v) is 2.77. The van der Waals surface area contributed by atoms with E-state index in [-0.39, 0.29) is 5.97 Å². The Morgan fingerprint density at radius 2 is 1.50 bits per heavy atom. The Morgan fingerprint density at radius 3 is 2.06 bits per heavy atom. The number of hydrogen-bond donors (Lipinski definition) is 0. The summed E-state index contributed by atoms with van der Waals surface area (Å²) in [4.78, 5) is 20.9. The molecule has 4 nitrogen and oxygen atoms in total. The van der Waals surface area contributed by atoms with Gasteiger partial charge in [-0.3, -0.25) is 9.59 Å². The van der Waals surface area contributed by atoms with Gasteiger partial charge in [-0.1, -0.05) is 38.5 Å². The van der Waals surface area contributed by atoms with Crippen molar-refractivity contribution in [1.29, 1.82) is 0 Å². The molecule has 0 aliphatic carbocycles. The lowest BCUT2D eigenvalue weighted by Crippen LogP contribution is -2.03. The summed E-state index contributed by atoms with van der Waals surface area (Å²) in [5, 5.41) is 0. The average Bonchev–Trinajstić information content (AvgIpc) is 2.36. The number of hydrogen-bond acceptors (Lipinski definition) is 4. The molecule has 0 rings (SSSR count). The quantitative estimate of drug-likeness (QED) is 0.289. The molecule has 0 aromatic heterocycles. The topological polar surface area (TPSA) is 52.6 Å². The predicted octanol–water partition coefficient (Wildman–Crippen LogP) is 3.23. The maximum absolute atomic E-state index is 11.0. The van der Waals surface area contributed by atoms with Gasteiger partial charge < -0.3 is 9.47 Å². The molecule has 0 aromatic rings. The lowest BCUT2D eigenvalue weighted by molar-refractivity contribution is -0.143. The van der Waals surface area contributed by atoms with Crippen LogP contribution in [0.1, 0.15) is 64.7 Å². The van der Waals surface area contributed by atoms with Crippen molar-refractivity contribution in [3.63, 3.8) is 0 Å². The van der Waals surface area contributed by atoms with Gasteiger partial charge in [0.25, 0.3) is 6.47 Å². The van der Waals surface area contributed by atoms with Gasteiger partial charge >= 0.3 is 5.97 Å². The Labute approximate surface area is 110 Å². The van der Waals surface area contributed by atoms with Crippen molar-refractivity contribution < 1.29 is 19.1 Å². The molecule has 18 heavy (non-hydrogen) atoms. The standard InChI is InChI=1S/C14H26O4/c1-2-18-14(16)11-9-7-5-3-4-6-8-10-12-17-13-15/h13H,2-12H2,1H3. The van der Waals surface area contributed by atoms with Crippen LogP contribution in [0.25, 0.3) is 0 Å². The molecule has 0 saturated carbocycles. The van der Waals surface area contributed by atoms with Crippen LogP contribution in [0.5, 0.6) is 0 Å². The number of ether oxygens (including phenoxy) is 2. The molecule has 0 fully saturated rings. The Balaban J connectivity index is 3.03. The van der Waals surface area contributed by atoms with E-state index >= 15 is 0 Å². The summed E-state index contributed by atoms with van der Waals surface area (Å²) in [6.07, 6.45) is 9.50. The van der Waals surface area contributed by atoms with E-state index in [0.717, 1.165) is 25.7 Å². The van der Waals surface area contributed by atoms with Crippen LogP contribution in [0, 0.1) is 0 Å². The van der Waals surface area contributed by atoms with Gasteiger partial charge in [-0.2, -0.15) is 0 Å². The predicted molar refractivity (Wildman–Crippen MR) is 70.2 cm³/mol. The number of carbonyl (C=O) groups excluding carboxylic acids is 2. The van der Waals surface area contributed by atoms with Crippen LogP contribution >= 0.6 is 0 Å². The summed E-state index contributed by atoms with van der Waals surface area (Å²) in [6, 6.07) is 0. The fourth-order valence-corrected chi connectivity index (χ4v) is 1.80. The zero-order chi connectivity index (χ0) is 13.5. The number of carbonyl (C=O) groups is 2. The summed E-state index contributed by atoms with van der Waals surface area (Å²) in [5.74, 6) is -0.0762. The lowest BCUT2D eigenvalue weighted by atomic mass is 10.1. The molecule has 0 N–H and O–H groups in total. The van der Waals surface area contributed by atoms with Crippen molar-refractivity contribution in [1.82, 2.24) is 0 Å². The van der Waals surface area contributed by atoms with Crippen molar-refractivity contribution in [3.05, 3.63) is 0 Å². The highest BCUT2D eigenvalue weighted by atomic mass is 16.5. The molecule has 0 bridgehead atoms. The fourth-order valence-electron chi connectivity index (χ4n) is 1.80. The molecule has 0 atom stereocenters. The van der Waals surface area contributed by atoms with Crippen molar-refractivity contribution in [2.75, 3.05) is 13.2 Å². The normalized spacial score (nSPS) is 10.1. The Hall–Kier alpha value is -1.06. The number of unbranched alkanes of at least 4 members (excludes halogenated alkanes) is 7.